The van der Waals surface area contributed by atoms with Crippen LogP contribution in [-0.4, -0.2) is 39.8 Å². The third kappa shape index (κ3) is 2.78. The molecule has 1 amide bonds. The number of benzene rings is 1. The van der Waals surface area contributed by atoms with Crippen molar-refractivity contribution in [3.05, 3.63) is 29.8 Å². The van der Waals surface area contributed by atoms with Crippen molar-refractivity contribution in [1.29, 1.82) is 0 Å². The van der Waals surface area contributed by atoms with E-state index in [2.05, 4.69) is 5.32 Å². The van der Waals surface area contributed by atoms with Crippen LogP contribution >= 0.6 is 0 Å². The van der Waals surface area contributed by atoms with Crippen LogP contribution in [-0.2, 0) is 20.4 Å². The summed E-state index contributed by atoms with van der Waals surface area (Å²) in [4.78, 5) is 11.6. The van der Waals surface area contributed by atoms with E-state index in [9.17, 15) is 13.2 Å². The molecule has 0 aromatic heterocycles. The lowest BCUT2D eigenvalue weighted by Gasteiger charge is -2.26. The van der Waals surface area contributed by atoms with Gasteiger partial charge in [-0.2, -0.15) is 0 Å². The van der Waals surface area contributed by atoms with E-state index in [1.54, 1.807) is 26.1 Å². The molecule has 0 bridgehead atoms. The number of sulfonamides is 1. The third-order valence-corrected chi connectivity index (χ3v) is 5.03. The highest BCUT2D eigenvalue weighted by Gasteiger charge is 2.31. The first-order valence-corrected chi connectivity index (χ1v) is 7.12. The van der Waals surface area contributed by atoms with Gasteiger partial charge in [-0.3, -0.25) is 4.79 Å². The van der Waals surface area contributed by atoms with Gasteiger partial charge < -0.3 is 11.1 Å². The molecule has 0 aliphatic rings. The van der Waals surface area contributed by atoms with E-state index in [4.69, 9.17) is 5.73 Å². The summed E-state index contributed by atoms with van der Waals surface area (Å²) in [5, 5.41) is 2.84. The van der Waals surface area contributed by atoms with Crippen LogP contribution in [0.5, 0.6) is 0 Å². The van der Waals surface area contributed by atoms with E-state index in [0.717, 1.165) is 4.31 Å². The van der Waals surface area contributed by atoms with Crippen LogP contribution in [0.4, 0.5) is 0 Å². The van der Waals surface area contributed by atoms with Crippen LogP contribution in [0.25, 0.3) is 0 Å². The molecule has 0 heterocycles. The number of nitrogens with one attached hydrogen (secondary N) is 1. The molecule has 7 heteroatoms. The fraction of sp³-hybridized carbons (Fsp3) is 0.417. The average molecular weight is 285 g/mol. The first-order valence-electron chi connectivity index (χ1n) is 5.68. The predicted molar refractivity (Wildman–Crippen MR) is 72.9 cm³/mol. The molecule has 0 fully saturated rings. The first-order chi connectivity index (χ1) is 8.66. The molecular weight excluding hydrogens is 266 g/mol. The molecule has 19 heavy (non-hydrogen) atoms. The van der Waals surface area contributed by atoms with Gasteiger partial charge in [-0.25, -0.2) is 12.7 Å². The third-order valence-electron chi connectivity index (χ3n) is 3.20. The lowest BCUT2D eigenvalue weighted by Crippen LogP contribution is -2.48. The van der Waals surface area contributed by atoms with Gasteiger partial charge in [0.25, 0.3) is 0 Å². The zero-order chi connectivity index (χ0) is 14.8. The summed E-state index contributed by atoms with van der Waals surface area (Å²) >= 11 is 0. The molecule has 1 atom stereocenters. The van der Waals surface area contributed by atoms with Crippen molar-refractivity contribution in [3.8, 4) is 0 Å². The number of hydrogen-bond donors (Lipinski definition) is 2. The van der Waals surface area contributed by atoms with Crippen LogP contribution in [0.1, 0.15) is 12.5 Å². The molecular formula is C12H19N3O3S. The highest BCUT2D eigenvalue weighted by molar-refractivity contribution is 7.89. The second-order valence-corrected chi connectivity index (χ2v) is 6.70. The standard InChI is InChI=1S/C12H19N3O3S/c1-12(14-2,11(13)16)9-5-7-10(8-6-9)19(17,18)15(3)4/h5-8,14H,1-4H3,(H2,13,16). The fourth-order valence-corrected chi connectivity index (χ4v) is 2.48. The monoisotopic (exact) mass is 285 g/mol. The normalized spacial score (nSPS) is 15.2. The van der Waals surface area contributed by atoms with Gasteiger partial charge in [0.2, 0.25) is 15.9 Å². The van der Waals surface area contributed by atoms with Crippen LogP contribution in [0.3, 0.4) is 0 Å². The summed E-state index contributed by atoms with van der Waals surface area (Å²) in [6.45, 7) is 1.64. The number of carbonyl (C=O) groups excluding carboxylic acids is 1. The lowest BCUT2D eigenvalue weighted by molar-refractivity contribution is -0.123. The molecule has 106 valence electrons. The van der Waals surface area contributed by atoms with Gasteiger partial charge in [0.05, 0.1) is 4.90 Å². The number of primary amides is 1. The largest absolute Gasteiger partial charge is 0.368 e. The van der Waals surface area contributed by atoms with Crippen molar-refractivity contribution < 1.29 is 13.2 Å². The second-order valence-electron chi connectivity index (χ2n) is 4.55. The number of hydrogen-bond acceptors (Lipinski definition) is 4. The summed E-state index contributed by atoms with van der Waals surface area (Å²) < 4.78 is 25.0. The molecule has 1 aromatic carbocycles. The number of nitrogens with zero attached hydrogens (tertiary/aromatic N) is 1. The van der Waals surface area contributed by atoms with Crippen LogP contribution in [0, 0.1) is 0 Å². The van der Waals surface area contributed by atoms with Gasteiger partial charge in [-0.1, -0.05) is 12.1 Å². The minimum atomic E-state index is -3.47. The maximum Gasteiger partial charge on any atom is 0.242 e. The molecule has 6 nitrogen and oxygen atoms in total. The quantitative estimate of drug-likeness (QED) is 0.787. The Balaban J connectivity index is 3.24. The van der Waals surface area contributed by atoms with Crippen molar-refractivity contribution >= 4 is 15.9 Å². The van der Waals surface area contributed by atoms with Gasteiger partial charge in [-0.05, 0) is 31.7 Å². The lowest BCUT2D eigenvalue weighted by atomic mass is 9.91. The smallest absolute Gasteiger partial charge is 0.242 e. The van der Waals surface area contributed by atoms with Crippen molar-refractivity contribution in [2.75, 3.05) is 21.1 Å². The average Bonchev–Trinajstić information content (AvgIpc) is 2.37. The molecule has 0 aliphatic heterocycles. The predicted octanol–water partition coefficient (Wildman–Crippen LogP) is -0.143. The minimum Gasteiger partial charge on any atom is -0.368 e. The summed E-state index contributed by atoms with van der Waals surface area (Å²) in [7, 11) is 1.08. The number of amides is 1. The zero-order valence-electron chi connectivity index (χ0n) is 11.5. The van der Waals surface area contributed by atoms with Crippen molar-refractivity contribution in [1.82, 2.24) is 9.62 Å². The molecule has 1 aromatic rings. The number of nitrogens with two attached hydrogens (primary N) is 1. The van der Waals surface area contributed by atoms with Gasteiger partial charge in [-0.15, -0.1) is 0 Å². The highest BCUT2D eigenvalue weighted by Crippen LogP contribution is 2.22. The Labute approximate surface area is 113 Å². The molecule has 1 rings (SSSR count). The van der Waals surface area contributed by atoms with Crippen molar-refractivity contribution in [3.63, 3.8) is 0 Å². The molecule has 0 radical (unpaired) electrons. The van der Waals surface area contributed by atoms with E-state index in [0.29, 0.717) is 5.56 Å². The van der Waals surface area contributed by atoms with Crippen LogP contribution in [0.15, 0.2) is 29.2 Å². The SMILES string of the molecule is CNC(C)(C(N)=O)c1ccc(S(=O)(=O)N(C)C)cc1. The maximum atomic E-state index is 11.9. The number of likely N-dealkylation sites (N-methyl/N-ethyl adjacent to an activating group) is 1. The molecule has 0 saturated heterocycles. The van der Waals surface area contributed by atoms with Gasteiger partial charge in [0.1, 0.15) is 5.54 Å². The minimum absolute atomic E-state index is 0.171. The Morgan fingerprint density at radius 1 is 1.26 bits per heavy atom. The van der Waals surface area contributed by atoms with Gasteiger partial charge in [0.15, 0.2) is 0 Å². The van der Waals surface area contributed by atoms with E-state index < -0.39 is 21.5 Å². The second kappa shape index (κ2) is 5.28. The molecule has 0 saturated carbocycles. The fourth-order valence-electron chi connectivity index (χ4n) is 1.58. The highest BCUT2D eigenvalue weighted by atomic mass is 32.2. The summed E-state index contributed by atoms with van der Waals surface area (Å²) in [5.41, 5.74) is 4.94. The molecule has 0 aliphatic carbocycles. The Bertz CT molecular complexity index is 566. The van der Waals surface area contributed by atoms with Crippen molar-refractivity contribution in [2.24, 2.45) is 5.73 Å². The Morgan fingerprint density at radius 3 is 2.05 bits per heavy atom. The van der Waals surface area contributed by atoms with Gasteiger partial charge >= 0.3 is 0 Å². The zero-order valence-corrected chi connectivity index (χ0v) is 12.3. The molecule has 0 spiro atoms. The summed E-state index contributed by atoms with van der Waals surface area (Å²) in [6, 6.07) is 6.08. The Hall–Kier alpha value is -1.44. The number of carbonyl (C=O) groups is 1. The molecule has 3 N–H and O–H groups in total. The van der Waals surface area contributed by atoms with E-state index in [1.807, 2.05) is 0 Å². The first kappa shape index (κ1) is 15.6. The van der Waals surface area contributed by atoms with E-state index >= 15 is 0 Å². The Kier molecular flexibility index (Phi) is 4.34. The van der Waals surface area contributed by atoms with Crippen LogP contribution < -0.4 is 11.1 Å². The number of rotatable bonds is 5. The van der Waals surface area contributed by atoms with Gasteiger partial charge in [0, 0.05) is 14.1 Å². The summed E-state index contributed by atoms with van der Waals surface area (Å²) in [6.07, 6.45) is 0. The Morgan fingerprint density at radius 2 is 1.74 bits per heavy atom. The van der Waals surface area contributed by atoms with E-state index in [1.165, 1.54) is 26.2 Å². The summed E-state index contributed by atoms with van der Waals surface area (Å²) in [5.74, 6) is -0.529. The topological polar surface area (TPSA) is 92.5 Å². The maximum absolute atomic E-state index is 11.9. The van der Waals surface area contributed by atoms with Crippen LogP contribution in [0.2, 0.25) is 0 Å². The molecule has 1 unspecified atom stereocenters. The van der Waals surface area contributed by atoms with E-state index in [-0.39, 0.29) is 4.90 Å². The van der Waals surface area contributed by atoms with Crippen molar-refractivity contribution in [2.45, 2.75) is 17.4 Å².